The predicted molar refractivity (Wildman–Crippen MR) is 59.3 cm³/mol. The maximum absolute atomic E-state index is 10.9. The highest BCUT2D eigenvalue weighted by atomic mass is 16.1. The molecule has 1 saturated heterocycles. The molecule has 2 atom stereocenters. The molecule has 80 valence electrons. The zero-order valence-electron chi connectivity index (χ0n) is 9.08. The van der Waals surface area contributed by atoms with Crippen LogP contribution >= 0.6 is 0 Å². The monoisotopic (exact) mass is 204 g/mol. The topological polar surface area (TPSA) is 41.1 Å². The Balaban J connectivity index is 2.28. The summed E-state index contributed by atoms with van der Waals surface area (Å²) < 4.78 is 0. The average molecular weight is 204 g/mol. The number of nitrogens with one attached hydrogen (secondary N) is 2. The molecular weight excluding hydrogens is 188 g/mol. The van der Waals surface area contributed by atoms with E-state index in [1.807, 2.05) is 0 Å². The van der Waals surface area contributed by atoms with E-state index >= 15 is 0 Å². The lowest BCUT2D eigenvalue weighted by molar-refractivity contribution is -0.111. The van der Waals surface area contributed by atoms with E-state index in [0.717, 1.165) is 6.29 Å². The first kappa shape index (κ1) is 10.3. The molecular formula is C12H16N2O. The minimum absolute atomic E-state index is 0.0344. The molecule has 2 rings (SSSR count). The fourth-order valence-corrected chi connectivity index (χ4v) is 1.93. The van der Waals surface area contributed by atoms with Crippen molar-refractivity contribution in [3.05, 3.63) is 34.9 Å². The van der Waals surface area contributed by atoms with Gasteiger partial charge in [0.25, 0.3) is 0 Å². The van der Waals surface area contributed by atoms with Gasteiger partial charge in [-0.2, -0.15) is 0 Å². The highest BCUT2D eigenvalue weighted by Gasteiger charge is 2.27. The summed E-state index contributed by atoms with van der Waals surface area (Å²) in [4.78, 5) is 10.9. The van der Waals surface area contributed by atoms with Gasteiger partial charge in [-0.05, 0) is 30.5 Å². The number of aryl methyl sites for hydroxylation is 2. The minimum Gasteiger partial charge on any atom is -0.303 e. The van der Waals surface area contributed by atoms with E-state index in [0.29, 0.717) is 6.54 Å². The number of carbonyl (C=O) groups is 1. The second-order valence-electron chi connectivity index (χ2n) is 4.15. The molecule has 15 heavy (non-hydrogen) atoms. The molecule has 1 fully saturated rings. The summed E-state index contributed by atoms with van der Waals surface area (Å²) in [5.74, 6) is 0.0344. The minimum atomic E-state index is 0.0344. The molecule has 0 bridgehead atoms. The van der Waals surface area contributed by atoms with E-state index in [2.05, 4.69) is 42.9 Å². The predicted octanol–water partition coefficient (Wildman–Crippen LogP) is 1.27. The number of hydrogen-bond acceptors (Lipinski definition) is 3. The van der Waals surface area contributed by atoms with E-state index in [4.69, 9.17) is 0 Å². The molecule has 2 unspecified atom stereocenters. The summed E-state index contributed by atoms with van der Waals surface area (Å²) in [7, 11) is 0. The van der Waals surface area contributed by atoms with Crippen LogP contribution in [0.4, 0.5) is 0 Å². The quantitative estimate of drug-likeness (QED) is 0.713. The zero-order chi connectivity index (χ0) is 10.8. The van der Waals surface area contributed by atoms with E-state index in [1.54, 1.807) is 0 Å². The fourth-order valence-electron chi connectivity index (χ4n) is 1.93. The molecule has 1 heterocycles. The molecule has 0 amide bonds. The van der Waals surface area contributed by atoms with Crippen molar-refractivity contribution < 1.29 is 4.79 Å². The van der Waals surface area contributed by atoms with Gasteiger partial charge in [0.05, 0.1) is 6.04 Å². The molecule has 3 heteroatoms. The van der Waals surface area contributed by atoms with Gasteiger partial charge in [0.1, 0.15) is 6.29 Å². The van der Waals surface area contributed by atoms with Crippen molar-refractivity contribution >= 4 is 6.29 Å². The summed E-state index contributed by atoms with van der Waals surface area (Å²) >= 11 is 0. The highest BCUT2D eigenvalue weighted by molar-refractivity contribution is 5.57. The average Bonchev–Trinajstić information content (AvgIpc) is 2.70. The van der Waals surface area contributed by atoms with Crippen LogP contribution in [0.3, 0.4) is 0 Å². The van der Waals surface area contributed by atoms with E-state index < -0.39 is 0 Å². The fraction of sp³-hybridized carbons (Fsp3) is 0.417. The Hall–Kier alpha value is -1.19. The van der Waals surface area contributed by atoms with Gasteiger partial charge < -0.3 is 4.79 Å². The lowest BCUT2D eigenvalue weighted by Crippen LogP contribution is -2.25. The van der Waals surface area contributed by atoms with Gasteiger partial charge in [-0.15, -0.1) is 0 Å². The lowest BCUT2D eigenvalue weighted by Gasteiger charge is -2.15. The molecule has 3 nitrogen and oxygen atoms in total. The smallest absolute Gasteiger partial charge is 0.126 e. The molecule has 1 aliphatic rings. The van der Waals surface area contributed by atoms with E-state index in [1.165, 1.54) is 16.7 Å². The van der Waals surface area contributed by atoms with Crippen LogP contribution in [0.25, 0.3) is 0 Å². The maximum Gasteiger partial charge on any atom is 0.126 e. The Labute approximate surface area is 89.8 Å². The molecule has 1 aromatic carbocycles. The Bertz CT molecular complexity index is 376. The largest absolute Gasteiger partial charge is 0.303 e. The molecule has 0 saturated carbocycles. The Morgan fingerprint density at radius 1 is 1.33 bits per heavy atom. The number of hydrogen-bond donors (Lipinski definition) is 2. The van der Waals surface area contributed by atoms with Crippen molar-refractivity contribution in [1.29, 1.82) is 0 Å². The third-order valence-electron chi connectivity index (χ3n) is 3.09. The Morgan fingerprint density at radius 2 is 2.13 bits per heavy atom. The first-order chi connectivity index (χ1) is 7.22. The van der Waals surface area contributed by atoms with Crippen LogP contribution in [-0.2, 0) is 4.79 Å². The van der Waals surface area contributed by atoms with Crippen molar-refractivity contribution in [2.75, 3.05) is 6.54 Å². The Kier molecular flexibility index (Phi) is 2.84. The first-order valence-corrected chi connectivity index (χ1v) is 5.23. The third kappa shape index (κ3) is 1.94. The molecule has 0 aromatic heterocycles. The van der Waals surface area contributed by atoms with Crippen LogP contribution in [0.5, 0.6) is 0 Å². The van der Waals surface area contributed by atoms with Crippen molar-refractivity contribution in [3.63, 3.8) is 0 Å². The lowest BCUT2D eigenvalue weighted by atomic mass is 9.94. The number of carbonyl (C=O) groups excluding carboxylic acids is 1. The van der Waals surface area contributed by atoms with Gasteiger partial charge >= 0.3 is 0 Å². The third-order valence-corrected chi connectivity index (χ3v) is 3.09. The summed E-state index contributed by atoms with van der Waals surface area (Å²) in [5.41, 5.74) is 9.90. The van der Waals surface area contributed by atoms with Crippen molar-refractivity contribution in [2.45, 2.75) is 19.9 Å². The summed E-state index contributed by atoms with van der Waals surface area (Å²) in [6.45, 7) is 4.90. The summed E-state index contributed by atoms with van der Waals surface area (Å²) in [5, 5.41) is 0. The number of aldehydes is 1. The maximum atomic E-state index is 10.9. The molecule has 1 aromatic rings. The van der Waals surface area contributed by atoms with Crippen LogP contribution in [-0.4, -0.2) is 12.8 Å². The van der Waals surface area contributed by atoms with Gasteiger partial charge in [0.15, 0.2) is 0 Å². The molecule has 0 spiro atoms. The van der Waals surface area contributed by atoms with Gasteiger partial charge in [-0.3, -0.25) is 5.43 Å². The van der Waals surface area contributed by atoms with Gasteiger partial charge in [-0.25, -0.2) is 5.43 Å². The molecule has 0 aliphatic carbocycles. The second kappa shape index (κ2) is 4.13. The SMILES string of the molecule is Cc1ccc(C2NNCC2C=O)cc1C. The number of benzene rings is 1. The first-order valence-electron chi connectivity index (χ1n) is 5.23. The number of hydrazine groups is 1. The van der Waals surface area contributed by atoms with Gasteiger partial charge in [-0.1, -0.05) is 18.2 Å². The van der Waals surface area contributed by atoms with Crippen molar-refractivity contribution in [2.24, 2.45) is 5.92 Å². The van der Waals surface area contributed by atoms with Crippen LogP contribution in [0.1, 0.15) is 22.7 Å². The van der Waals surface area contributed by atoms with Crippen molar-refractivity contribution in [3.8, 4) is 0 Å². The normalized spacial score (nSPS) is 25.5. The molecule has 1 aliphatic heterocycles. The van der Waals surface area contributed by atoms with Crippen molar-refractivity contribution in [1.82, 2.24) is 10.9 Å². The van der Waals surface area contributed by atoms with Gasteiger partial charge in [0.2, 0.25) is 0 Å². The molecule has 0 radical (unpaired) electrons. The zero-order valence-corrected chi connectivity index (χ0v) is 9.08. The van der Waals surface area contributed by atoms with Crippen LogP contribution in [0.15, 0.2) is 18.2 Å². The number of rotatable bonds is 2. The highest BCUT2D eigenvalue weighted by Crippen LogP contribution is 2.24. The van der Waals surface area contributed by atoms with Crippen LogP contribution in [0.2, 0.25) is 0 Å². The summed E-state index contributed by atoms with van der Waals surface area (Å²) in [6, 6.07) is 6.45. The van der Waals surface area contributed by atoms with Crippen LogP contribution in [0, 0.1) is 19.8 Å². The molecule has 2 N–H and O–H groups in total. The standard InChI is InChI=1S/C12H16N2O/c1-8-3-4-10(5-9(8)2)12-11(7-15)6-13-14-12/h3-5,7,11-14H,6H2,1-2H3. The van der Waals surface area contributed by atoms with Crippen LogP contribution < -0.4 is 10.9 Å². The summed E-state index contributed by atoms with van der Waals surface area (Å²) in [6.07, 6.45) is 1.02. The van der Waals surface area contributed by atoms with Gasteiger partial charge in [0, 0.05) is 12.5 Å². The van der Waals surface area contributed by atoms with E-state index in [-0.39, 0.29) is 12.0 Å². The Morgan fingerprint density at radius 3 is 2.80 bits per heavy atom. The second-order valence-corrected chi connectivity index (χ2v) is 4.15. The van der Waals surface area contributed by atoms with E-state index in [9.17, 15) is 4.79 Å².